The third-order valence-electron chi connectivity index (χ3n) is 3.26. The molecule has 0 aliphatic heterocycles. The molecule has 0 atom stereocenters. The number of hydrogen-bond donors (Lipinski definition) is 2. The molecule has 108 valence electrons. The number of hydrogen-bond acceptors (Lipinski definition) is 5. The smallest absolute Gasteiger partial charge is 0.225 e. The lowest BCUT2D eigenvalue weighted by atomic mass is 10.1. The molecule has 0 radical (unpaired) electrons. The van der Waals surface area contributed by atoms with Gasteiger partial charge in [0.05, 0.1) is 12.5 Å². The zero-order chi connectivity index (χ0) is 14.9. The topological polar surface area (TPSA) is 79.6 Å². The number of benzene rings is 1. The van der Waals surface area contributed by atoms with Crippen LogP contribution in [-0.4, -0.2) is 20.2 Å². The van der Waals surface area contributed by atoms with Gasteiger partial charge < -0.3 is 9.73 Å². The second kappa shape index (κ2) is 5.16. The Hall–Kier alpha value is -2.86. The van der Waals surface area contributed by atoms with Crippen molar-refractivity contribution in [2.45, 2.75) is 0 Å². The van der Waals surface area contributed by atoms with E-state index in [2.05, 4.69) is 25.5 Å². The zero-order valence-corrected chi connectivity index (χ0v) is 12.0. The summed E-state index contributed by atoms with van der Waals surface area (Å²) in [5.41, 5.74) is 4.22. The van der Waals surface area contributed by atoms with E-state index >= 15 is 0 Å². The van der Waals surface area contributed by atoms with Crippen molar-refractivity contribution in [3.05, 3.63) is 54.3 Å². The molecule has 0 aliphatic carbocycles. The minimum absolute atomic E-state index is 0.173. The predicted octanol–water partition coefficient (Wildman–Crippen LogP) is 4.01. The molecular weight excluding hydrogens is 302 g/mol. The summed E-state index contributed by atoms with van der Waals surface area (Å²) in [5, 5.41) is 10.1. The first-order valence-corrected chi connectivity index (χ1v) is 6.94. The van der Waals surface area contributed by atoms with Gasteiger partial charge in [-0.3, -0.25) is 5.10 Å². The normalized spacial score (nSPS) is 11.0. The molecule has 3 heterocycles. The Morgan fingerprint density at radius 3 is 2.68 bits per heavy atom. The number of aromatic amines is 1. The summed E-state index contributed by atoms with van der Waals surface area (Å²) in [6.45, 7) is 0. The molecule has 0 aliphatic rings. The van der Waals surface area contributed by atoms with Crippen LogP contribution in [0, 0.1) is 0 Å². The third kappa shape index (κ3) is 2.29. The molecule has 0 saturated carbocycles. The summed E-state index contributed by atoms with van der Waals surface area (Å²) in [5.74, 6) is 0.538. The van der Waals surface area contributed by atoms with Crippen molar-refractivity contribution < 1.29 is 4.42 Å². The zero-order valence-electron chi connectivity index (χ0n) is 11.2. The highest BCUT2D eigenvalue weighted by Gasteiger charge is 2.10. The van der Waals surface area contributed by atoms with Crippen molar-refractivity contribution in [1.29, 1.82) is 0 Å². The average molecular weight is 312 g/mol. The van der Waals surface area contributed by atoms with Crippen LogP contribution in [-0.2, 0) is 0 Å². The molecule has 4 rings (SSSR count). The Balaban J connectivity index is 1.66. The Labute approximate surface area is 130 Å². The van der Waals surface area contributed by atoms with Crippen LogP contribution < -0.4 is 5.32 Å². The second-order valence-corrected chi connectivity index (χ2v) is 5.00. The van der Waals surface area contributed by atoms with Crippen LogP contribution in [0.1, 0.15) is 0 Å². The summed E-state index contributed by atoms with van der Waals surface area (Å²) in [7, 11) is 0. The maximum Gasteiger partial charge on any atom is 0.225 e. The molecule has 4 aromatic rings. The highest BCUT2D eigenvalue weighted by Crippen LogP contribution is 2.27. The van der Waals surface area contributed by atoms with Crippen LogP contribution >= 0.6 is 11.6 Å². The van der Waals surface area contributed by atoms with Crippen LogP contribution in [0.25, 0.3) is 22.2 Å². The van der Waals surface area contributed by atoms with Crippen molar-refractivity contribution in [3.8, 4) is 11.1 Å². The molecule has 1 aromatic carbocycles. The van der Waals surface area contributed by atoms with Gasteiger partial charge in [-0.05, 0) is 29.3 Å². The van der Waals surface area contributed by atoms with Crippen molar-refractivity contribution in [2.24, 2.45) is 0 Å². The number of furan rings is 1. The molecule has 22 heavy (non-hydrogen) atoms. The molecule has 7 heteroatoms. The summed E-state index contributed by atoms with van der Waals surface area (Å²) in [6, 6.07) is 9.64. The number of nitrogens with zero attached hydrogens (tertiary/aromatic N) is 3. The van der Waals surface area contributed by atoms with Gasteiger partial charge in [-0.15, -0.1) is 0 Å². The number of fused-ring (bicyclic) bond motifs is 1. The number of H-pyrrole nitrogens is 1. The number of rotatable bonds is 3. The van der Waals surface area contributed by atoms with Crippen molar-refractivity contribution in [1.82, 2.24) is 20.2 Å². The first kappa shape index (κ1) is 12.8. The number of aromatic nitrogens is 4. The highest BCUT2D eigenvalue weighted by atomic mass is 35.5. The van der Waals surface area contributed by atoms with Gasteiger partial charge in [0.25, 0.3) is 0 Å². The van der Waals surface area contributed by atoms with Crippen molar-refractivity contribution in [3.63, 3.8) is 0 Å². The van der Waals surface area contributed by atoms with Gasteiger partial charge >= 0.3 is 0 Å². The third-order valence-corrected chi connectivity index (χ3v) is 3.42. The first-order valence-electron chi connectivity index (χ1n) is 6.56. The van der Waals surface area contributed by atoms with Gasteiger partial charge in [-0.1, -0.05) is 12.1 Å². The molecule has 0 spiro atoms. The first-order chi connectivity index (χ1) is 10.8. The molecule has 2 N–H and O–H groups in total. The molecule has 0 amide bonds. The summed E-state index contributed by atoms with van der Waals surface area (Å²) in [6.07, 6.45) is 5.18. The van der Waals surface area contributed by atoms with E-state index in [1.165, 1.54) is 0 Å². The predicted molar refractivity (Wildman–Crippen MR) is 84.1 cm³/mol. The number of anilines is 2. The highest BCUT2D eigenvalue weighted by molar-refractivity contribution is 6.28. The Morgan fingerprint density at radius 1 is 1.05 bits per heavy atom. The molecule has 0 fully saturated rings. The average Bonchev–Trinajstić information content (AvgIpc) is 3.18. The minimum Gasteiger partial charge on any atom is -0.459 e. The molecular formula is C15H10ClN5O. The van der Waals surface area contributed by atoms with Gasteiger partial charge in [0.1, 0.15) is 5.52 Å². The molecule has 3 aromatic heterocycles. The van der Waals surface area contributed by atoms with Crippen molar-refractivity contribution >= 4 is 34.2 Å². The van der Waals surface area contributed by atoms with Gasteiger partial charge in [0.2, 0.25) is 5.28 Å². The maximum absolute atomic E-state index is 5.93. The van der Waals surface area contributed by atoms with E-state index in [0.717, 1.165) is 16.8 Å². The van der Waals surface area contributed by atoms with Crippen LogP contribution in [0.3, 0.4) is 0 Å². The summed E-state index contributed by atoms with van der Waals surface area (Å²) in [4.78, 5) is 8.27. The second-order valence-electron chi connectivity index (χ2n) is 4.67. The van der Waals surface area contributed by atoms with E-state index in [4.69, 9.17) is 16.0 Å². The minimum atomic E-state index is 0.173. The van der Waals surface area contributed by atoms with E-state index in [1.807, 2.05) is 30.5 Å². The Morgan fingerprint density at radius 2 is 1.91 bits per heavy atom. The van der Waals surface area contributed by atoms with Gasteiger partial charge in [-0.25, -0.2) is 4.98 Å². The SMILES string of the molecule is Clc1nc(Nc2ccc(-c3cn[nH]c3)cc2)c2occc2n1. The van der Waals surface area contributed by atoms with Gasteiger partial charge in [0.15, 0.2) is 11.4 Å². The summed E-state index contributed by atoms with van der Waals surface area (Å²) < 4.78 is 5.40. The quantitative estimate of drug-likeness (QED) is 0.559. The van der Waals surface area contributed by atoms with E-state index in [1.54, 1.807) is 18.5 Å². The van der Waals surface area contributed by atoms with Crippen LogP contribution in [0.2, 0.25) is 5.28 Å². The fourth-order valence-electron chi connectivity index (χ4n) is 2.21. The molecule has 0 saturated heterocycles. The van der Waals surface area contributed by atoms with E-state index in [0.29, 0.717) is 16.9 Å². The van der Waals surface area contributed by atoms with Crippen LogP contribution in [0.15, 0.2) is 53.4 Å². The Bertz CT molecular complexity index is 915. The fourth-order valence-corrected chi connectivity index (χ4v) is 2.39. The molecule has 6 nitrogen and oxygen atoms in total. The van der Waals surface area contributed by atoms with E-state index in [-0.39, 0.29) is 5.28 Å². The molecule has 0 bridgehead atoms. The fraction of sp³-hybridized carbons (Fsp3) is 0. The number of nitrogens with one attached hydrogen (secondary N) is 2. The lowest BCUT2D eigenvalue weighted by Gasteiger charge is -2.07. The van der Waals surface area contributed by atoms with Gasteiger partial charge in [0, 0.05) is 23.5 Å². The van der Waals surface area contributed by atoms with Gasteiger partial charge in [-0.2, -0.15) is 10.1 Å². The lowest BCUT2D eigenvalue weighted by Crippen LogP contribution is -1.96. The van der Waals surface area contributed by atoms with Crippen molar-refractivity contribution in [2.75, 3.05) is 5.32 Å². The molecule has 0 unspecified atom stereocenters. The van der Waals surface area contributed by atoms with Crippen LogP contribution in [0.4, 0.5) is 11.5 Å². The van der Waals surface area contributed by atoms with Crippen LogP contribution in [0.5, 0.6) is 0 Å². The monoisotopic (exact) mass is 311 g/mol. The summed E-state index contributed by atoms with van der Waals surface area (Å²) >= 11 is 5.93. The lowest BCUT2D eigenvalue weighted by molar-refractivity contribution is 0.615. The number of halogens is 1. The van der Waals surface area contributed by atoms with E-state index in [9.17, 15) is 0 Å². The maximum atomic E-state index is 5.93. The standard InChI is InChI=1S/C15H10ClN5O/c16-15-20-12-5-6-22-13(12)14(21-15)19-11-3-1-9(2-4-11)10-7-17-18-8-10/h1-8H,(H,17,18)(H,19,20,21). The largest absolute Gasteiger partial charge is 0.459 e. The van der Waals surface area contributed by atoms with E-state index < -0.39 is 0 Å². The Kier molecular flexibility index (Phi) is 3.01.